The predicted molar refractivity (Wildman–Crippen MR) is 108 cm³/mol. The topological polar surface area (TPSA) is 59.5 Å². The number of benzene rings is 1. The molecule has 5 nitrogen and oxygen atoms in total. The van der Waals surface area contributed by atoms with Gasteiger partial charge in [-0.2, -0.15) is 11.3 Å². The Morgan fingerprint density at radius 3 is 2.63 bits per heavy atom. The van der Waals surface area contributed by atoms with Crippen LogP contribution in [0.15, 0.2) is 47.2 Å². The SMILES string of the molecule is Cc1nc(-c2ccsc2)sc1C(=O)OC(C)C(=O)N(C)Cc1ccccc1. The first-order chi connectivity index (χ1) is 13.0. The average molecular weight is 401 g/mol. The van der Waals surface area contributed by atoms with Crippen molar-refractivity contribution in [1.82, 2.24) is 9.88 Å². The fraction of sp³-hybridized carbons (Fsp3) is 0.250. The lowest BCUT2D eigenvalue weighted by molar-refractivity contribution is -0.139. The smallest absolute Gasteiger partial charge is 0.351 e. The number of nitrogens with zero attached hydrogens (tertiary/aromatic N) is 2. The van der Waals surface area contributed by atoms with E-state index in [1.54, 1.807) is 37.1 Å². The second-order valence-corrected chi connectivity index (χ2v) is 7.95. The molecule has 0 saturated carbocycles. The Morgan fingerprint density at radius 2 is 1.96 bits per heavy atom. The van der Waals surface area contributed by atoms with Crippen molar-refractivity contribution in [2.45, 2.75) is 26.5 Å². The van der Waals surface area contributed by atoms with Crippen molar-refractivity contribution in [1.29, 1.82) is 0 Å². The lowest BCUT2D eigenvalue weighted by Crippen LogP contribution is -2.37. The maximum atomic E-state index is 12.5. The Balaban J connectivity index is 1.64. The van der Waals surface area contributed by atoms with Crippen molar-refractivity contribution in [3.05, 3.63) is 63.3 Å². The number of carbonyl (C=O) groups is 2. The van der Waals surface area contributed by atoms with Crippen LogP contribution < -0.4 is 0 Å². The molecule has 0 aliphatic carbocycles. The fourth-order valence-electron chi connectivity index (χ4n) is 2.61. The molecule has 7 heteroatoms. The third kappa shape index (κ3) is 4.61. The minimum atomic E-state index is -0.864. The van der Waals surface area contributed by atoms with Gasteiger partial charge in [-0.15, -0.1) is 11.3 Å². The minimum absolute atomic E-state index is 0.243. The highest BCUT2D eigenvalue weighted by molar-refractivity contribution is 7.17. The Kier molecular flexibility index (Phi) is 6.03. The summed E-state index contributed by atoms with van der Waals surface area (Å²) in [7, 11) is 1.70. The molecule has 0 aliphatic heterocycles. The maximum absolute atomic E-state index is 12.5. The van der Waals surface area contributed by atoms with Gasteiger partial charge >= 0.3 is 5.97 Å². The van der Waals surface area contributed by atoms with Crippen molar-refractivity contribution in [2.75, 3.05) is 7.05 Å². The number of esters is 1. The minimum Gasteiger partial charge on any atom is -0.448 e. The van der Waals surface area contributed by atoms with Gasteiger partial charge in [0.1, 0.15) is 9.88 Å². The van der Waals surface area contributed by atoms with Crippen molar-refractivity contribution in [3.63, 3.8) is 0 Å². The van der Waals surface area contributed by atoms with Crippen molar-refractivity contribution >= 4 is 34.6 Å². The summed E-state index contributed by atoms with van der Waals surface area (Å²) in [5, 5.41) is 4.73. The van der Waals surface area contributed by atoms with Gasteiger partial charge in [-0.05, 0) is 30.9 Å². The van der Waals surface area contributed by atoms with Crippen LogP contribution in [0.25, 0.3) is 10.6 Å². The number of carbonyl (C=O) groups excluding carboxylic acids is 2. The van der Waals surface area contributed by atoms with Gasteiger partial charge in [0, 0.05) is 24.5 Å². The molecule has 0 bridgehead atoms. The van der Waals surface area contributed by atoms with Gasteiger partial charge in [0.05, 0.1) is 5.69 Å². The number of hydrogen-bond donors (Lipinski definition) is 0. The number of thiazole rings is 1. The quantitative estimate of drug-likeness (QED) is 0.576. The summed E-state index contributed by atoms with van der Waals surface area (Å²) < 4.78 is 5.41. The van der Waals surface area contributed by atoms with Gasteiger partial charge in [0.25, 0.3) is 5.91 Å². The van der Waals surface area contributed by atoms with E-state index in [1.807, 2.05) is 47.2 Å². The van der Waals surface area contributed by atoms with E-state index in [0.717, 1.165) is 16.1 Å². The average Bonchev–Trinajstić information content (AvgIpc) is 3.31. The number of aromatic nitrogens is 1. The summed E-state index contributed by atoms with van der Waals surface area (Å²) in [6.07, 6.45) is -0.864. The van der Waals surface area contributed by atoms with Crippen LogP contribution in [0.3, 0.4) is 0 Å². The van der Waals surface area contributed by atoms with Gasteiger partial charge in [0.2, 0.25) is 0 Å². The molecule has 1 unspecified atom stereocenters. The van der Waals surface area contributed by atoms with E-state index in [4.69, 9.17) is 4.74 Å². The number of likely N-dealkylation sites (N-methyl/N-ethyl adjacent to an activating group) is 1. The van der Waals surface area contributed by atoms with Crippen molar-refractivity contribution in [2.24, 2.45) is 0 Å². The Hall–Kier alpha value is -2.51. The number of rotatable bonds is 6. The number of hydrogen-bond acceptors (Lipinski definition) is 6. The van der Waals surface area contributed by atoms with Gasteiger partial charge in [-0.3, -0.25) is 4.79 Å². The molecular weight excluding hydrogens is 380 g/mol. The molecule has 0 fully saturated rings. The molecule has 0 aliphatic rings. The second kappa shape index (κ2) is 8.45. The Bertz CT molecular complexity index is 920. The molecule has 0 saturated heterocycles. The Morgan fingerprint density at radius 1 is 1.22 bits per heavy atom. The van der Waals surface area contributed by atoms with Crippen molar-refractivity contribution in [3.8, 4) is 10.6 Å². The largest absolute Gasteiger partial charge is 0.448 e. The molecule has 3 aromatic rings. The molecule has 3 rings (SSSR count). The lowest BCUT2D eigenvalue weighted by atomic mass is 10.2. The van der Waals surface area contributed by atoms with E-state index >= 15 is 0 Å². The van der Waals surface area contributed by atoms with Crippen LogP contribution in [0.5, 0.6) is 0 Å². The van der Waals surface area contributed by atoms with Crippen molar-refractivity contribution < 1.29 is 14.3 Å². The summed E-state index contributed by atoms with van der Waals surface area (Å²) in [6, 6.07) is 11.6. The third-order valence-electron chi connectivity index (χ3n) is 4.02. The van der Waals surface area contributed by atoms with E-state index in [0.29, 0.717) is 17.1 Å². The van der Waals surface area contributed by atoms with Gasteiger partial charge < -0.3 is 9.64 Å². The van der Waals surface area contributed by atoms with E-state index in [-0.39, 0.29) is 5.91 Å². The number of aryl methyl sites for hydroxylation is 1. The highest BCUT2D eigenvalue weighted by Crippen LogP contribution is 2.30. The van der Waals surface area contributed by atoms with Crippen LogP contribution in [0.2, 0.25) is 0 Å². The molecular formula is C20H20N2O3S2. The first-order valence-electron chi connectivity index (χ1n) is 8.45. The zero-order chi connectivity index (χ0) is 19.4. The van der Waals surface area contributed by atoms with E-state index in [1.165, 1.54) is 11.3 Å². The molecule has 1 amide bonds. The molecule has 27 heavy (non-hydrogen) atoms. The van der Waals surface area contributed by atoms with Crippen LogP contribution in [0, 0.1) is 6.92 Å². The number of amides is 1. The molecule has 1 aromatic carbocycles. The predicted octanol–water partition coefficient (Wildman–Crippen LogP) is 4.38. The lowest BCUT2D eigenvalue weighted by Gasteiger charge is -2.21. The van der Waals surface area contributed by atoms with Gasteiger partial charge in [-0.1, -0.05) is 30.3 Å². The second-order valence-electron chi connectivity index (χ2n) is 6.17. The fourth-order valence-corrected chi connectivity index (χ4v) is 4.27. The van der Waals surface area contributed by atoms with Crippen LogP contribution in [0.1, 0.15) is 27.9 Å². The van der Waals surface area contributed by atoms with Gasteiger partial charge in [-0.25, -0.2) is 9.78 Å². The summed E-state index contributed by atoms with van der Waals surface area (Å²) >= 11 is 2.86. The maximum Gasteiger partial charge on any atom is 0.351 e. The Labute approximate surface area is 166 Å². The van der Waals surface area contributed by atoms with E-state index in [9.17, 15) is 9.59 Å². The molecule has 0 radical (unpaired) electrons. The summed E-state index contributed by atoms with van der Waals surface area (Å²) in [4.78, 5) is 31.5. The van der Waals surface area contributed by atoms with Crippen LogP contribution in [-0.4, -0.2) is 34.9 Å². The normalized spacial score (nSPS) is 11.8. The zero-order valence-corrected chi connectivity index (χ0v) is 17.0. The zero-order valence-electron chi connectivity index (χ0n) is 15.3. The molecule has 140 valence electrons. The molecule has 2 heterocycles. The molecule has 2 aromatic heterocycles. The van der Waals surface area contributed by atoms with Crippen LogP contribution in [-0.2, 0) is 16.1 Å². The molecule has 1 atom stereocenters. The third-order valence-corrected chi connectivity index (χ3v) is 5.89. The highest BCUT2D eigenvalue weighted by atomic mass is 32.1. The monoisotopic (exact) mass is 400 g/mol. The summed E-state index contributed by atoms with van der Waals surface area (Å²) in [5.74, 6) is -0.757. The summed E-state index contributed by atoms with van der Waals surface area (Å²) in [6.45, 7) is 3.83. The first-order valence-corrected chi connectivity index (χ1v) is 10.2. The molecule has 0 spiro atoms. The number of ether oxygens (including phenoxy) is 1. The van der Waals surface area contributed by atoms with Gasteiger partial charge in [0.15, 0.2) is 6.10 Å². The standard InChI is InChI=1S/C20H20N2O3S2/c1-13-17(27-18(21-13)16-9-10-26-12-16)20(24)25-14(2)19(23)22(3)11-15-7-5-4-6-8-15/h4-10,12,14H,11H2,1-3H3. The highest BCUT2D eigenvalue weighted by Gasteiger charge is 2.25. The van der Waals surface area contributed by atoms with Crippen LogP contribution in [0.4, 0.5) is 0 Å². The van der Waals surface area contributed by atoms with Crippen LogP contribution >= 0.6 is 22.7 Å². The first kappa shape index (κ1) is 19.3. The van der Waals surface area contributed by atoms with E-state index in [2.05, 4.69) is 4.98 Å². The summed E-state index contributed by atoms with van der Waals surface area (Å²) in [5.41, 5.74) is 2.62. The number of thiophene rings is 1. The molecule has 0 N–H and O–H groups in total. The van der Waals surface area contributed by atoms with E-state index < -0.39 is 12.1 Å².